The summed E-state index contributed by atoms with van der Waals surface area (Å²) in [6.45, 7) is 0. The summed E-state index contributed by atoms with van der Waals surface area (Å²) in [5.41, 5.74) is 1.08. The van der Waals surface area contributed by atoms with Crippen molar-refractivity contribution in [3.63, 3.8) is 0 Å². The third kappa shape index (κ3) is 2.89. The molecule has 0 fully saturated rings. The summed E-state index contributed by atoms with van der Waals surface area (Å²) in [4.78, 5) is 20.5. The lowest BCUT2D eigenvalue weighted by molar-refractivity contribution is 0.102. The van der Waals surface area contributed by atoms with Gasteiger partial charge in [0, 0.05) is 11.6 Å². The van der Waals surface area contributed by atoms with Gasteiger partial charge in [-0.1, -0.05) is 35.9 Å². The second-order valence-electron chi connectivity index (χ2n) is 4.33. The first-order valence-corrected chi connectivity index (χ1v) is 7.28. The fourth-order valence-corrected chi connectivity index (χ4v) is 2.44. The van der Waals surface area contributed by atoms with Crippen LogP contribution in [0.25, 0.3) is 10.8 Å². The van der Waals surface area contributed by atoms with Crippen molar-refractivity contribution in [1.29, 1.82) is 0 Å². The number of aromatic nitrogens is 2. The number of carbonyl (C=O) groups is 1. The average Bonchev–Trinajstić information content (AvgIpc) is 2.50. The van der Waals surface area contributed by atoms with Gasteiger partial charge in [-0.25, -0.2) is 9.97 Å². The molecule has 0 bridgehead atoms. The molecule has 0 radical (unpaired) electrons. The summed E-state index contributed by atoms with van der Waals surface area (Å²) < 4.78 is 0.708. The maximum atomic E-state index is 12.4. The van der Waals surface area contributed by atoms with Crippen molar-refractivity contribution in [3.8, 4) is 0 Å². The largest absolute Gasteiger partial charge is 0.321 e. The topological polar surface area (TPSA) is 54.9 Å². The van der Waals surface area contributed by atoms with Crippen molar-refractivity contribution in [3.05, 3.63) is 64.1 Å². The molecule has 0 aliphatic rings. The Bertz CT molecular complexity index is 821. The fourth-order valence-electron chi connectivity index (χ4n) is 1.99. The first-order valence-electron chi connectivity index (χ1n) is 6.11. The van der Waals surface area contributed by atoms with Gasteiger partial charge in [-0.2, -0.15) is 0 Å². The van der Waals surface area contributed by atoms with Crippen molar-refractivity contribution in [1.82, 2.24) is 9.97 Å². The highest BCUT2D eigenvalue weighted by Gasteiger charge is 2.13. The molecule has 2 heterocycles. The number of nitrogens with one attached hydrogen (secondary N) is 1. The van der Waals surface area contributed by atoms with E-state index >= 15 is 0 Å². The van der Waals surface area contributed by atoms with Gasteiger partial charge < -0.3 is 5.32 Å². The van der Waals surface area contributed by atoms with E-state index in [1.54, 1.807) is 18.3 Å². The second-order valence-corrected chi connectivity index (χ2v) is 5.50. The molecule has 104 valence electrons. The normalized spacial score (nSPS) is 10.6. The molecule has 21 heavy (non-hydrogen) atoms. The zero-order chi connectivity index (χ0) is 14.8. The summed E-state index contributed by atoms with van der Waals surface area (Å²) in [6, 6.07) is 10.9. The molecule has 2 aromatic heterocycles. The van der Waals surface area contributed by atoms with E-state index < -0.39 is 0 Å². The molecule has 3 rings (SSSR count). The van der Waals surface area contributed by atoms with Crippen LogP contribution in [0.15, 0.2) is 53.4 Å². The number of pyridine rings is 2. The molecule has 3 aromatic rings. The summed E-state index contributed by atoms with van der Waals surface area (Å²) in [5.74, 6) is -0.250. The number of halogens is 2. The molecule has 0 saturated heterocycles. The molecule has 4 nitrogen and oxygen atoms in total. The van der Waals surface area contributed by atoms with Crippen LogP contribution in [-0.2, 0) is 0 Å². The molecule has 0 spiro atoms. The monoisotopic (exact) mass is 361 g/mol. The fraction of sp³-hybridized carbons (Fsp3) is 0. The van der Waals surface area contributed by atoms with Crippen LogP contribution in [-0.4, -0.2) is 15.9 Å². The standard InChI is InChI=1S/C15H9BrClN3O/c16-13-6-5-9(7-18-13)20-15(21)12-8-19-14(17)11-4-2-1-3-10(11)12/h1-8H,(H,20,21). The molecular formula is C15H9BrClN3O. The van der Waals surface area contributed by atoms with Gasteiger partial charge in [-0.05, 0) is 33.4 Å². The Kier molecular flexibility index (Phi) is 3.86. The molecule has 0 unspecified atom stereocenters. The minimum absolute atomic E-state index is 0.250. The summed E-state index contributed by atoms with van der Waals surface area (Å²) in [5, 5.41) is 4.69. The van der Waals surface area contributed by atoms with Crippen LogP contribution in [0.1, 0.15) is 10.4 Å². The van der Waals surface area contributed by atoms with Crippen LogP contribution in [0.2, 0.25) is 5.15 Å². The van der Waals surface area contributed by atoms with Crippen molar-refractivity contribution in [2.45, 2.75) is 0 Å². The summed E-state index contributed by atoms with van der Waals surface area (Å²) in [7, 11) is 0. The SMILES string of the molecule is O=C(Nc1ccc(Br)nc1)c1cnc(Cl)c2ccccc12. The van der Waals surface area contributed by atoms with Crippen molar-refractivity contribution >= 4 is 49.9 Å². The number of hydrogen-bond donors (Lipinski definition) is 1. The number of benzene rings is 1. The predicted molar refractivity (Wildman–Crippen MR) is 86.6 cm³/mol. The Morgan fingerprint density at radius 1 is 1.05 bits per heavy atom. The van der Waals surface area contributed by atoms with Crippen LogP contribution < -0.4 is 5.32 Å². The molecule has 0 aliphatic carbocycles. The summed E-state index contributed by atoms with van der Waals surface area (Å²) in [6.07, 6.45) is 3.06. The van der Waals surface area contributed by atoms with E-state index in [0.717, 1.165) is 10.8 Å². The number of nitrogens with zero attached hydrogens (tertiary/aromatic N) is 2. The number of hydrogen-bond acceptors (Lipinski definition) is 3. The zero-order valence-electron chi connectivity index (χ0n) is 10.7. The van der Waals surface area contributed by atoms with Crippen LogP contribution in [0, 0.1) is 0 Å². The molecule has 0 saturated carbocycles. The van der Waals surface area contributed by atoms with Gasteiger partial charge in [-0.15, -0.1) is 0 Å². The van der Waals surface area contributed by atoms with E-state index in [9.17, 15) is 4.79 Å². The van der Waals surface area contributed by atoms with E-state index in [-0.39, 0.29) is 5.91 Å². The third-order valence-corrected chi connectivity index (χ3v) is 3.75. The van der Waals surface area contributed by atoms with Gasteiger partial charge in [0.05, 0.1) is 17.4 Å². The zero-order valence-corrected chi connectivity index (χ0v) is 13.0. The van der Waals surface area contributed by atoms with E-state index in [1.807, 2.05) is 24.3 Å². The van der Waals surface area contributed by atoms with Crippen LogP contribution in [0.4, 0.5) is 5.69 Å². The van der Waals surface area contributed by atoms with E-state index in [4.69, 9.17) is 11.6 Å². The number of fused-ring (bicyclic) bond motifs is 1. The minimum Gasteiger partial charge on any atom is -0.321 e. The van der Waals surface area contributed by atoms with Gasteiger partial charge in [0.1, 0.15) is 9.76 Å². The Labute approximate surface area is 134 Å². The Morgan fingerprint density at radius 3 is 2.52 bits per heavy atom. The molecule has 1 amide bonds. The van der Waals surface area contributed by atoms with Crippen molar-refractivity contribution < 1.29 is 4.79 Å². The van der Waals surface area contributed by atoms with E-state index in [2.05, 4.69) is 31.2 Å². The van der Waals surface area contributed by atoms with Gasteiger partial charge in [0.25, 0.3) is 5.91 Å². The lowest BCUT2D eigenvalue weighted by Crippen LogP contribution is -2.13. The highest BCUT2D eigenvalue weighted by molar-refractivity contribution is 9.10. The van der Waals surface area contributed by atoms with Crippen LogP contribution in [0.3, 0.4) is 0 Å². The Balaban J connectivity index is 1.98. The first-order chi connectivity index (χ1) is 10.1. The average molecular weight is 363 g/mol. The first kappa shape index (κ1) is 14.0. The van der Waals surface area contributed by atoms with E-state index in [0.29, 0.717) is 21.0 Å². The number of amides is 1. The predicted octanol–water partition coefficient (Wildman–Crippen LogP) is 4.30. The smallest absolute Gasteiger partial charge is 0.257 e. The van der Waals surface area contributed by atoms with Gasteiger partial charge >= 0.3 is 0 Å². The molecule has 1 N–H and O–H groups in total. The van der Waals surface area contributed by atoms with Gasteiger partial charge in [0.2, 0.25) is 0 Å². The molecular weight excluding hydrogens is 354 g/mol. The Morgan fingerprint density at radius 2 is 1.81 bits per heavy atom. The lowest BCUT2D eigenvalue weighted by atomic mass is 10.1. The second kappa shape index (κ2) is 5.79. The maximum Gasteiger partial charge on any atom is 0.257 e. The van der Waals surface area contributed by atoms with Crippen LogP contribution in [0.5, 0.6) is 0 Å². The number of rotatable bonds is 2. The molecule has 0 atom stereocenters. The summed E-state index contributed by atoms with van der Waals surface area (Å²) >= 11 is 9.30. The van der Waals surface area contributed by atoms with E-state index in [1.165, 1.54) is 6.20 Å². The minimum atomic E-state index is -0.250. The van der Waals surface area contributed by atoms with Gasteiger partial charge in [0.15, 0.2) is 0 Å². The highest BCUT2D eigenvalue weighted by atomic mass is 79.9. The highest BCUT2D eigenvalue weighted by Crippen LogP contribution is 2.24. The van der Waals surface area contributed by atoms with Crippen molar-refractivity contribution in [2.75, 3.05) is 5.32 Å². The van der Waals surface area contributed by atoms with Crippen molar-refractivity contribution in [2.24, 2.45) is 0 Å². The maximum absolute atomic E-state index is 12.4. The molecule has 6 heteroatoms. The van der Waals surface area contributed by atoms with Gasteiger partial charge in [-0.3, -0.25) is 4.79 Å². The molecule has 1 aromatic carbocycles. The third-order valence-electron chi connectivity index (χ3n) is 2.98. The molecule has 0 aliphatic heterocycles. The lowest BCUT2D eigenvalue weighted by Gasteiger charge is -2.08. The number of anilines is 1. The van der Waals surface area contributed by atoms with Crippen LogP contribution >= 0.6 is 27.5 Å². The number of carbonyl (C=O) groups excluding carboxylic acids is 1. The quantitative estimate of drug-likeness (QED) is 0.692. The Hall–Kier alpha value is -1.98.